The number of fused-ring (bicyclic) bond motifs is 1. The average molecular weight is 410 g/mol. The number of terminal acetylenes is 1. The molecule has 1 aliphatic rings. The van der Waals surface area contributed by atoms with E-state index in [0.29, 0.717) is 60.6 Å². The molecule has 0 saturated carbocycles. The molecule has 1 aliphatic heterocycles. The fourth-order valence-electron chi connectivity index (χ4n) is 2.89. The molecule has 3 rings (SSSR count). The Morgan fingerprint density at radius 3 is 2.40 bits per heavy atom. The maximum absolute atomic E-state index is 12.5. The fraction of sp³-hybridized carbons (Fsp3) is 0.318. The van der Waals surface area contributed by atoms with E-state index >= 15 is 0 Å². The Hall–Kier alpha value is -3.25. The number of benzene rings is 2. The molecule has 2 aromatic rings. The zero-order chi connectivity index (χ0) is 21.3. The van der Waals surface area contributed by atoms with Gasteiger partial charge in [-0.15, -0.1) is 6.42 Å². The average Bonchev–Trinajstić information content (AvgIpc) is 2.77. The van der Waals surface area contributed by atoms with Crippen LogP contribution in [-0.4, -0.2) is 53.2 Å². The Labute approximate surface area is 176 Å². The third kappa shape index (κ3) is 5.02. The van der Waals surface area contributed by atoms with E-state index < -0.39 is 0 Å². The summed E-state index contributed by atoms with van der Waals surface area (Å²) in [4.78, 5) is 4.37. The first-order chi connectivity index (χ1) is 14.7. The molecule has 158 valence electrons. The van der Waals surface area contributed by atoms with Gasteiger partial charge in [0, 0.05) is 37.1 Å². The lowest BCUT2D eigenvalue weighted by Crippen LogP contribution is -2.28. The highest BCUT2D eigenvalue weighted by molar-refractivity contribution is 6.13. The van der Waals surface area contributed by atoms with Crippen molar-refractivity contribution < 1.29 is 18.9 Å². The van der Waals surface area contributed by atoms with Crippen molar-refractivity contribution in [1.82, 2.24) is 0 Å². The summed E-state index contributed by atoms with van der Waals surface area (Å²) in [5.74, 6) is 4.10. The van der Waals surface area contributed by atoms with Gasteiger partial charge in [-0.1, -0.05) is 18.1 Å². The van der Waals surface area contributed by atoms with E-state index in [-0.39, 0.29) is 6.67 Å². The van der Waals surface area contributed by atoms with E-state index in [0.717, 1.165) is 10.8 Å². The number of methoxy groups -OCH3 is 2. The highest BCUT2D eigenvalue weighted by atomic mass is 16.5. The van der Waals surface area contributed by atoms with Gasteiger partial charge in [-0.2, -0.15) is 0 Å². The van der Waals surface area contributed by atoms with Crippen LogP contribution in [0.5, 0.6) is 11.5 Å². The van der Waals surface area contributed by atoms with Crippen molar-refractivity contribution >= 4 is 17.2 Å². The lowest BCUT2D eigenvalue weighted by Gasteiger charge is -2.35. The quantitative estimate of drug-likeness (QED) is 0.502. The van der Waals surface area contributed by atoms with Crippen molar-refractivity contribution in [3.63, 3.8) is 0 Å². The third-order valence-corrected chi connectivity index (χ3v) is 4.37. The zero-order valence-corrected chi connectivity index (χ0v) is 17.0. The molecule has 1 N–H and O–H groups in total. The van der Waals surface area contributed by atoms with Crippen LogP contribution in [0.25, 0.3) is 0 Å². The first-order valence-corrected chi connectivity index (χ1v) is 9.41. The van der Waals surface area contributed by atoms with Crippen molar-refractivity contribution in [2.45, 2.75) is 0 Å². The van der Waals surface area contributed by atoms with E-state index in [1.165, 1.54) is 0 Å². The first kappa shape index (κ1) is 21.5. The molecule has 1 heterocycles. The predicted octanol–water partition coefficient (Wildman–Crippen LogP) is 2.85. The van der Waals surface area contributed by atoms with Crippen LogP contribution in [0.3, 0.4) is 0 Å². The first-order valence-electron chi connectivity index (χ1n) is 9.41. The van der Waals surface area contributed by atoms with Crippen molar-refractivity contribution in [2.75, 3.05) is 57.7 Å². The van der Waals surface area contributed by atoms with E-state index in [4.69, 9.17) is 25.4 Å². The van der Waals surface area contributed by atoms with E-state index in [1.54, 1.807) is 26.4 Å². The van der Waals surface area contributed by atoms with Crippen LogP contribution in [0.1, 0.15) is 11.1 Å². The molecular weight excluding hydrogens is 386 g/mol. The number of anilines is 2. The molecule has 0 fully saturated rings. The smallest absolute Gasteiger partial charge is 0.163 e. The van der Waals surface area contributed by atoms with Gasteiger partial charge in [-0.3, -0.25) is 0 Å². The van der Waals surface area contributed by atoms with Crippen LogP contribution in [0, 0.1) is 17.6 Å². The van der Waals surface area contributed by atoms with Crippen molar-refractivity contribution in [3.8, 4) is 23.8 Å². The molecule has 0 amide bonds. The van der Waals surface area contributed by atoms with Crippen LogP contribution >= 0.6 is 0 Å². The lowest BCUT2D eigenvalue weighted by molar-refractivity contribution is 0.132. The van der Waals surface area contributed by atoms with E-state index in [9.17, 15) is 5.21 Å². The number of aliphatic imine (C=N–C) groups is 1. The Morgan fingerprint density at radius 1 is 1.07 bits per heavy atom. The van der Waals surface area contributed by atoms with Gasteiger partial charge in [-0.05, 0) is 18.2 Å². The molecule has 2 aromatic carbocycles. The third-order valence-electron chi connectivity index (χ3n) is 4.37. The Bertz CT molecular complexity index is 939. The summed E-state index contributed by atoms with van der Waals surface area (Å²) in [6.07, 6.45) is 5.60. The number of nitrogens with zero attached hydrogens (tertiary/aromatic N) is 2. The van der Waals surface area contributed by atoms with Crippen molar-refractivity contribution in [1.29, 1.82) is 0 Å². The number of hydrogen-bond acceptors (Lipinski definition) is 8. The molecule has 0 aromatic heterocycles. The SMILES string of the molecule is C#Cc1ccccc1NC1=NCN([O-])c2cc(OCCOC)c(OCCOC)cc21. The normalized spacial score (nSPS) is 12.6. The van der Waals surface area contributed by atoms with Crippen LogP contribution in [-0.2, 0) is 9.47 Å². The monoisotopic (exact) mass is 410 g/mol. The second-order valence-electron chi connectivity index (χ2n) is 6.34. The minimum atomic E-state index is -0.0467. The van der Waals surface area contributed by atoms with Crippen molar-refractivity contribution in [3.05, 3.63) is 52.7 Å². The molecule has 0 aliphatic carbocycles. The Morgan fingerprint density at radius 2 is 1.73 bits per heavy atom. The van der Waals surface area contributed by atoms with Crippen LogP contribution in [0.2, 0.25) is 0 Å². The van der Waals surface area contributed by atoms with Gasteiger partial charge in [-0.25, -0.2) is 4.99 Å². The topological polar surface area (TPSA) is 87.6 Å². The van der Waals surface area contributed by atoms with Crippen LogP contribution in [0.4, 0.5) is 11.4 Å². The Balaban J connectivity index is 1.95. The van der Waals surface area contributed by atoms with Gasteiger partial charge < -0.3 is 34.5 Å². The molecule has 30 heavy (non-hydrogen) atoms. The molecule has 8 nitrogen and oxygen atoms in total. The summed E-state index contributed by atoms with van der Waals surface area (Å²) in [7, 11) is 3.19. The summed E-state index contributed by atoms with van der Waals surface area (Å²) in [5, 5.41) is 16.5. The number of rotatable bonds is 9. The fourth-order valence-corrected chi connectivity index (χ4v) is 2.89. The number of ether oxygens (including phenoxy) is 4. The molecular formula is C22H24N3O5-. The van der Waals surface area contributed by atoms with Gasteiger partial charge >= 0.3 is 0 Å². The summed E-state index contributed by atoms with van der Waals surface area (Å²) in [5.41, 5.74) is 2.44. The van der Waals surface area contributed by atoms with E-state index in [2.05, 4.69) is 16.2 Å². The Kier molecular flexibility index (Phi) is 7.51. The summed E-state index contributed by atoms with van der Waals surface area (Å²) < 4.78 is 21.7. The maximum Gasteiger partial charge on any atom is 0.163 e. The van der Waals surface area contributed by atoms with Crippen molar-refractivity contribution in [2.24, 2.45) is 4.99 Å². The molecule has 0 bridgehead atoms. The van der Waals surface area contributed by atoms with Gasteiger partial charge in [0.1, 0.15) is 25.7 Å². The molecule has 0 unspecified atom stereocenters. The number of nitrogens with one attached hydrogen (secondary N) is 1. The summed E-state index contributed by atoms with van der Waals surface area (Å²) in [6, 6.07) is 10.8. The highest BCUT2D eigenvalue weighted by Crippen LogP contribution is 2.37. The lowest BCUT2D eigenvalue weighted by atomic mass is 10.1. The largest absolute Gasteiger partial charge is 0.757 e. The number of amidine groups is 1. The molecule has 0 atom stereocenters. The summed E-state index contributed by atoms with van der Waals surface area (Å²) >= 11 is 0. The predicted molar refractivity (Wildman–Crippen MR) is 116 cm³/mol. The highest BCUT2D eigenvalue weighted by Gasteiger charge is 2.21. The number of hydroxylamine groups is 1. The number of hydrogen-bond donors (Lipinski definition) is 1. The zero-order valence-electron chi connectivity index (χ0n) is 17.0. The van der Waals surface area contributed by atoms with Gasteiger partial charge in [0.05, 0.1) is 18.9 Å². The minimum absolute atomic E-state index is 0.0467. The van der Waals surface area contributed by atoms with Gasteiger partial charge in [0.15, 0.2) is 11.5 Å². The van der Waals surface area contributed by atoms with E-state index in [1.807, 2.05) is 24.3 Å². The van der Waals surface area contributed by atoms with Crippen LogP contribution < -0.4 is 19.9 Å². The van der Waals surface area contributed by atoms with Gasteiger partial charge in [0.2, 0.25) is 0 Å². The standard InChI is InChI=1S/C22H24N3O5/c1-4-16-7-5-6-8-18(16)24-22-17-13-20(29-11-9-27-2)21(30-12-10-28-3)14-19(17)25(26)15-23-22/h1,5-8,13-14H,9-12,15H2,2-3H3,(H,23,24)/q-1. The molecule has 0 radical (unpaired) electrons. The maximum atomic E-state index is 12.5. The number of para-hydroxylation sites is 1. The minimum Gasteiger partial charge on any atom is -0.757 e. The molecule has 0 spiro atoms. The summed E-state index contributed by atoms with van der Waals surface area (Å²) in [6.45, 7) is 1.43. The molecule has 8 heteroatoms. The second kappa shape index (κ2) is 10.5. The molecule has 0 saturated heterocycles. The van der Waals surface area contributed by atoms with Crippen LogP contribution in [0.15, 0.2) is 41.4 Å². The van der Waals surface area contributed by atoms with Gasteiger partial charge in [0.25, 0.3) is 0 Å². The second-order valence-corrected chi connectivity index (χ2v) is 6.34.